The molecule has 1 amide bonds. The van der Waals surface area contributed by atoms with Crippen molar-refractivity contribution in [3.63, 3.8) is 0 Å². The van der Waals surface area contributed by atoms with Gasteiger partial charge in [0.1, 0.15) is 22.9 Å². The predicted octanol–water partition coefficient (Wildman–Crippen LogP) is 2.67. The number of carboxylic acids is 1. The van der Waals surface area contributed by atoms with Gasteiger partial charge in [-0.05, 0) is 24.6 Å². The molecule has 0 saturated heterocycles. The molecule has 2 N–H and O–H groups in total. The Hall–Kier alpha value is -3.20. The van der Waals surface area contributed by atoms with Gasteiger partial charge in [-0.15, -0.1) is 11.3 Å². The lowest BCUT2D eigenvalue weighted by molar-refractivity contribution is -0.116. The zero-order valence-corrected chi connectivity index (χ0v) is 16.4. The van der Waals surface area contributed by atoms with E-state index in [4.69, 9.17) is 4.74 Å². The molecule has 8 nitrogen and oxygen atoms in total. The van der Waals surface area contributed by atoms with Crippen molar-refractivity contribution >= 4 is 39.1 Å². The van der Waals surface area contributed by atoms with Crippen molar-refractivity contribution in [3.8, 4) is 5.75 Å². The Balaban J connectivity index is 1.99. The van der Waals surface area contributed by atoms with Crippen LogP contribution in [-0.4, -0.2) is 33.6 Å². The molecule has 0 unspecified atom stereocenters. The van der Waals surface area contributed by atoms with E-state index in [9.17, 15) is 19.5 Å². The van der Waals surface area contributed by atoms with E-state index in [2.05, 4.69) is 10.3 Å². The molecule has 28 heavy (non-hydrogen) atoms. The summed E-state index contributed by atoms with van der Waals surface area (Å²) in [5, 5.41) is 13.5. The standard InChI is InChI=1S/C19H19N3O5S/c1-4-14-21-17-16(11(9-28-17)19(25)26)18(24)22(14)8-15(23)20-12-7-10(2)5-6-13(12)27-3/h5-7,9H,4,8H2,1-3H3,(H,20,23)(H,25,26). The predicted molar refractivity (Wildman–Crippen MR) is 107 cm³/mol. The largest absolute Gasteiger partial charge is 0.495 e. The number of methoxy groups -OCH3 is 1. The van der Waals surface area contributed by atoms with Gasteiger partial charge >= 0.3 is 5.97 Å². The topological polar surface area (TPSA) is 111 Å². The Morgan fingerprint density at radius 3 is 2.75 bits per heavy atom. The molecule has 0 atom stereocenters. The van der Waals surface area contributed by atoms with Crippen LogP contribution < -0.4 is 15.6 Å². The van der Waals surface area contributed by atoms with E-state index in [0.29, 0.717) is 28.5 Å². The minimum atomic E-state index is -1.20. The van der Waals surface area contributed by atoms with Gasteiger partial charge in [0.15, 0.2) is 0 Å². The Morgan fingerprint density at radius 2 is 2.11 bits per heavy atom. The minimum absolute atomic E-state index is 0.0237. The van der Waals surface area contributed by atoms with E-state index in [1.54, 1.807) is 12.1 Å². The van der Waals surface area contributed by atoms with Crippen LogP contribution in [0.1, 0.15) is 28.7 Å². The Kier molecular flexibility index (Phi) is 5.46. The van der Waals surface area contributed by atoms with E-state index in [0.717, 1.165) is 16.9 Å². The molecule has 0 aliphatic rings. The summed E-state index contributed by atoms with van der Waals surface area (Å²) in [6, 6.07) is 5.37. The van der Waals surface area contributed by atoms with Crippen LogP contribution in [-0.2, 0) is 17.8 Å². The molecule has 0 spiro atoms. The first kappa shape index (κ1) is 19.6. The van der Waals surface area contributed by atoms with Gasteiger partial charge in [0.2, 0.25) is 5.91 Å². The number of rotatable bonds is 6. The maximum Gasteiger partial charge on any atom is 0.337 e. The van der Waals surface area contributed by atoms with Gasteiger partial charge in [0, 0.05) is 11.8 Å². The fourth-order valence-corrected chi connectivity index (χ4v) is 3.83. The summed E-state index contributed by atoms with van der Waals surface area (Å²) >= 11 is 1.10. The quantitative estimate of drug-likeness (QED) is 0.657. The number of amides is 1. The van der Waals surface area contributed by atoms with Crippen LogP contribution in [0.4, 0.5) is 5.69 Å². The van der Waals surface area contributed by atoms with Gasteiger partial charge in [-0.3, -0.25) is 14.2 Å². The van der Waals surface area contributed by atoms with E-state index >= 15 is 0 Å². The number of thiophene rings is 1. The van der Waals surface area contributed by atoms with Crippen LogP contribution in [0.2, 0.25) is 0 Å². The van der Waals surface area contributed by atoms with Crippen LogP contribution in [0.5, 0.6) is 5.75 Å². The second-order valence-electron chi connectivity index (χ2n) is 6.16. The fraction of sp³-hybridized carbons (Fsp3) is 0.263. The lowest BCUT2D eigenvalue weighted by Crippen LogP contribution is -2.31. The van der Waals surface area contributed by atoms with Gasteiger partial charge in [0.25, 0.3) is 5.56 Å². The van der Waals surface area contributed by atoms with Crippen molar-refractivity contribution in [2.45, 2.75) is 26.8 Å². The third-order valence-electron chi connectivity index (χ3n) is 4.25. The summed E-state index contributed by atoms with van der Waals surface area (Å²) in [4.78, 5) is 41.7. The zero-order chi connectivity index (χ0) is 20.4. The molecule has 0 saturated carbocycles. The number of nitrogens with zero attached hydrogens (tertiary/aromatic N) is 2. The summed E-state index contributed by atoms with van der Waals surface area (Å²) in [6.45, 7) is 3.42. The summed E-state index contributed by atoms with van der Waals surface area (Å²) in [6.07, 6.45) is 0.423. The summed E-state index contributed by atoms with van der Waals surface area (Å²) < 4.78 is 6.47. The first-order valence-electron chi connectivity index (χ1n) is 8.54. The summed E-state index contributed by atoms with van der Waals surface area (Å²) in [5.74, 6) is -0.715. The number of carboxylic acid groups (broad SMARTS) is 1. The highest BCUT2D eigenvalue weighted by molar-refractivity contribution is 7.17. The van der Waals surface area contributed by atoms with Gasteiger partial charge < -0.3 is 15.2 Å². The fourth-order valence-electron chi connectivity index (χ4n) is 2.91. The third kappa shape index (κ3) is 3.61. The van der Waals surface area contributed by atoms with Crippen LogP contribution in [0, 0.1) is 6.92 Å². The van der Waals surface area contributed by atoms with Crippen molar-refractivity contribution in [1.82, 2.24) is 9.55 Å². The number of hydrogen-bond acceptors (Lipinski definition) is 6. The molecule has 146 valence electrons. The molecular weight excluding hydrogens is 382 g/mol. The summed E-state index contributed by atoms with van der Waals surface area (Å²) in [7, 11) is 1.50. The second kappa shape index (κ2) is 7.81. The molecule has 9 heteroatoms. The first-order valence-corrected chi connectivity index (χ1v) is 9.42. The minimum Gasteiger partial charge on any atom is -0.495 e. The third-order valence-corrected chi connectivity index (χ3v) is 5.12. The van der Waals surface area contributed by atoms with Crippen LogP contribution >= 0.6 is 11.3 Å². The maximum absolute atomic E-state index is 12.9. The number of hydrogen-bond donors (Lipinski definition) is 2. The van der Waals surface area contributed by atoms with Crippen LogP contribution in [0.15, 0.2) is 28.4 Å². The van der Waals surface area contributed by atoms with Gasteiger partial charge in [-0.1, -0.05) is 13.0 Å². The highest BCUT2D eigenvalue weighted by Gasteiger charge is 2.20. The van der Waals surface area contributed by atoms with E-state index in [1.807, 2.05) is 19.9 Å². The molecule has 0 aliphatic heterocycles. The normalized spacial score (nSPS) is 10.8. The molecular formula is C19H19N3O5S. The molecule has 2 aromatic heterocycles. The number of anilines is 1. The lowest BCUT2D eigenvalue weighted by Gasteiger charge is -2.14. The number of carbonyl (C=O) groups excluding carboxylic acids is 1. The van der Waals surface area contributed by atoms with Crippen molar-refractivity contribution in [2.24, 2.45) is 0 Å². The van der Waals surface area contributed by atoms with E-state index < -0.39 is 17.4 Å². The number of fused-ring (bicyclic) bond motifs is 1. The zero-order valence-electron chi connectivity index (χ0n) is 15.6. The number of aryl methyl sites for hydroxylation is 2. The Labute approximate surface area is 164 Å². The SMILES string of the molecule is CCc1nc2scc(C(=O)O)c2c(=O)n1CC(=O)Nc1cc(C)ccc1OC. The van der Waals surface area contributed by atoms with Crippen molar-refractivity contribution in [1.29, 1.82) is 0 Å². The molecule has 2 heterocycles. The smallest absolute Gasteiger partial charge is 0.337 e. The van der Waals surface area contributed by atoms with Crippen molar-refractivity contribution < 1.29 is 19.4 Å². The van der Waals surface area contributed by atoms with Gasteiger partial charge in [0.05, 0.1) is 23.7 Å². The molecule has 3 aromatic rings. The molecule has 3 rings (SSSR count). The van der Waals surface area contributed by atoms with E-state index in [1.165, 1.54) is 17.1 Å². The Morgan fingerprint density at radius 1 is 1.36 bits per heavy atom. The van der Waals surface area contributed by atoms with E-state index in [-0.39, 0.29) is 17.5 Å². The monoisotopic (exact) mass is 401 g/mol. The van der Waals surface area contributed by atoms with Crippen molar-refractivity contribution in [2.75, 3.05) is 12.4 Å². The molecule has 1 aromatic carbocycles. The number of ether oxygens (including phenoxy) is 1. The number of aromatic carboxylic acids is 1. The molecule has 0 bridgehead atoms. The average Bonchev–Trinajstić information content (AvgIpc) is 3.08. The summed E-state index contributed by atoms with van der Waals surface area (Å²) in [5.41, 5.74) is 0.797. The van der Waals surface area contributed by atoms with Crippen LogP contribution in [0.25, 0.3) is 10.2 Å². The highest BCUT2D eigenvalue weighted by atomic mass is 32.1. The molecule has 0 aliphatic carbocycles. The van der Waals surface area contributed by atoms with Gasteiger partial charge in [-0.2, -0.15) is 0 Å². The average molecular weight is 401 g/mol. The Bertz CT molecular complexity index is 1130. The molecule has 0 fully saturated rings. The first-order chi connectivity index (χ1) is 13.3. The van der Waals surface area contributed by atoms with Crippen molar-refractivity contribution in [3.05, 3.63) is 50.9 Å². The van der Waals surface area contributed by atoms with Crippen LogP contribution in [0.3, 0.4) is 0 Å². The number of benzene rings is 1. The van der Waals surface area contributed by atoms with Gasteiger partial charge in [-0.25, -0.2) is 9.78 Å². The number of nitrogens with one attached hydrogen (secondary N) is 1. The number of carbonyl (C=O) groups is 2. The highest BCUT2D eigenvalue weighted by Crippen LogP contribution is 2.25. The molecule has 0 radical (unpaired) electrons. The number of aromatic nitrogens is 2. The maximum atomic E-state index is 12.9. The second-order valence-corrected chi connectivity index (χ2v) is 7.02. The lowest BCUT2D eigenvalue weighted by atomic mass is 10.2.